The lowest BCUT2D eigenvalue weighted by atomic mass is 9.61. The summed E-state index contributed by atoms with van der Waals surface area (Å²) < 4.78 is 0. The molecule has 2 fully saturated rings. The first-order valence-corrected chi connectivity index (χ1v) is 8.90. The standard InChI is InChI=1S/C19H24N2O4/c1-18(2)8-13-9-19(3,10-18)16-14(17(22)23)7-11-6-12(21(24)25)4-5-15(11)20(13)16/h4-6,13-14,16H,7-10H2,1-3H3,(H,22,23). The summed E-state index contributed by atoms with van der Waals surface area (Å²) in [6, 6.07) is 5.21. The van der Waals surface area contributed by atoms with Crippen molar-refractivity contribution in [2.24, 2.45) is 16.7 Å². The molecular formula is C19H24N2O4. The van der Waals surface area contributed by atoms with Gasteiger partial charge in [-0.2, -0.15) is 0 Å². The number of carboxylic acid groups (broad SMARTS) is 1. The number of rotatable bonds is 2. The number of non-ortho nitro benzene ring substituents is 1. The zero-order valence-corrected chi connectivity index (χ0v) is 14.9. The molecule has 4 atom stereocenters. The third-order valence-corrected chi connectivity index (χ3v) is 6.47. The molecule has 0 radical (unpaired) electrons. The highest BCUT2D eigenvalue weighted by Gasteiger charge is 2.60. The quantitative estimate of drug-likeness (QED) is 0.654. The second-order valence-corrected chi connectivity index (χ2v) is 9.13. The number of aliphatic carboxylic acids is 1. The Morgan fingerprint density at radius 3 is 2.68 bits per heavy atom. The van der Waals surface area contributed by atoms with Crippen LogP contribution in [-0.4, -0.2) is 28.1 Å². The number of hydrogen-bond donors (Lipinski definition) is 1. The van der Waals surface area contributed by atoms with E-state index in [1.54, 1.807) is 12.1 Å². The lowest BCUT2D eigenvalue weighted by molar-refractivity contribution is -0.384. The van der Waals surface area contributed by atoms with Gasteiger partial charge < -0.3 is 10.0 Å². The highest BCUT2D eigenvalue weighted by Crippen LogP contribution is 2.60. The molecule has 134 valence electrons. The van der Waals surface area contributed by atoms with E-state index in [2.05, 4.69) is 25.7 Å². The van der Waals surface area contributed by atoms with Crippen LogP contribution in [0.2, 0.25) is 0 Å². The first kappa shape index (κ1) is 16.4. The Balaban J connectivity index is 1.87. The molecule has 1 aromatic rings. The van der Waals surface area contributed by atoms with Gasteiger partial charge in [-0.1, -0.05) is 20.8 Å². The average Bonchev–Trinajstić information content (AvgIpc) is 2.72. The van der Waals surface area contributed by atoms with Crippen molar-refractivity contribution in [3.63, 3.8) is 0 Å². The van der Waals surface area contributed by atoms with Gasteiger partial charge in [0.2, 0.25) is 0 Å². The first-order valence-electron chi connectivity index (χ1n) is 8.90. The van der Waals surface area contributed by atoms with Crippen LogP contribution in [0.1, 0.15) is 45.6 Å². The summed E-state index contributed by atoms with van der Waals surface area (Å²) in [4.78, 5) is 25.1. The van der Waals surface area contributed by atoms with E-state index in [9.17, 15) is 20.0 Å². The maximum atomic E-state index is 12.1. The highest BCUT2D eigenvalue weighted by atomic mass is 16.6. The second-order valence-electron chi connectivity index (χ2n) is 9.13. The number of fused-ring (bicyclic) bond motifs is 7. The summed E-state index contributed by atoms with van der Waals surface area (Å²) >= 11 is 0. The number of nitro groups is 1. The largest absolute Gasteiger partial charge is 0.481 e. The van der Waals surface area contributed by atoms with Crippen LogP contribution in [-0.2, 0) is 11.2 Å². The Kier molecular flexibility index (Phi) is 3.25. The molecule has 2 heterocycles. The molecule has 4 unspecified atom stereocenters. The van der Waals surface area contributed by atoms with Crippen LogP contribution in [0.4, 0.5) is 11.4 Å². The Morgan fingerprint density at radius 1 is 1.32 bits per heavy atom. The van der Waals surface area contributed by atoms with Crippen LogP contribution in [0.15, 0.2) is 18.2 Å². The van der Waals surface area contributed by atoms with Gasteiger partial charge in [0.05, 0.1) is 10.8 Å². The van der Waals surface area contributed by atoms with Gasteiger partial charge >= 0.3 is 5.97 Å². The Bertz CT molecular complexity index is 775. The van der Waals surface area contributed by atoms with E-state index in [1.165, 1.54) is 0 Å². The molecule has 1 aliphatic carbocycles. The monoisotopic (exact) mass is 344 g/mol. The molecule has 0 aromatic heterocycles. The molecule has 2 bridgehead atoms. The molecule has 6 heteroatoms. The molecule has 1 aromatic carbocycles. The van der Waals surface area contributed by atoms with Gasteiger partial charge in [-0.3, -0.25) is 14.9 Å². The van der Waals surface area contributed by atoms with Crippen molar-refractivity contribution >= 4 is 17.3 Å². The van der Waals surface area contributed by atoms with Gasteiger partial charge in [-0.25, -0.2) is 0 Å². The Morgan fingerprint density at radius 2 is 2.04 bits per heavy atom. The van der Waals surface area contributed by atoms with Crippen LogP contribution < -0.4 is 4.90 Å². The van der Waals surface area contributed by atoms with E-state index in [0.717, 1.165) is 30.5 Å². The van der Waals surface area contributed by atoms with E-state index in [4.69, 9.17) is 0 Å². The molecule has 6 nitrogen and oxygen atoms in total. The molecule has 25 heavy (non-hydrogen) atoms. The fourth-order valence-corrected chi connectivity index (χ4v) is 6.17. The van der Waals surface area contributed by atoms with E-state index in [1.807, 2.05) is 6.07 Å². The summed E-state index contributed by atoms with van der Waals surface area (Å²) in [7, 11) is 0. The second kappa shape index (κ2) is 4.96. The molecule has 1 saturated heterocycles. The molecule has 0 spiro atoms. The minimum atomic E-state index is -0.793. The number of nitro benzene ring substituents is 1. The van der Waals surface area contributed by atoms with Gasteiger partial charge in [-0.15, -0.1) is 0 Å². The van der Waals surface area contributed by atoms with Crippen molar-refractivity contribution in [3.05, 3.63) is 33.9 Å². The minimum Gasteiger partial charge on any atom is -0.481 e. The van der Waals surface area contributed by atoms with E-state index in [-0.39, 0.29) is 22.6 Å². The fourth-order valence-electron chi connectivity index (χ4n) is 6.17. The van der Waals surface area contributed by atoms with Crippen LogP contribution in [0.3, 0.4) is 0 Å². The number of carboxylic acids is 1. The Hall–Kier alpha value is -2.11. The normalized spacial score (nSPS) is 35.0. The summed E-state index contributed by atoms with van der Waals surface area (Å²) in [5.74, 6) is -1.31. The molecular weight excluding hydrogens is 320 g/mol. The van der Waals surface area contributed by atoms with Crippen molar-refractivity contribution in [1.29, 1.82) is 0 Å². The highest BCUT2D eigenvalue weighted by molar-refractivity contribution is 5.76. The van der Waals surface area contributed by atoms with E-state index in [0.29, 0.717) is 12.5 Å². The summed E-state index contributed by atoms with van der Waals surface area (Å²) in [5, 5.41) is 21.0. The lowest BCUT2D eigenvalue weighted by Crippen LogP contribution is -2.51. The Labute approximate surface area is 147 Å². The number of nitrogens with zero attached hydrogens (tertiary/aromatic N) is 2. The average molecular weight is 344 g/mol. The summed E-state index contributed by atoms with van der Waals surface area (Å²) in [6.07, 6.45) is 3.42. The van der Waals surface area contributed by atoms with Crippen molar-refractivity contribution in [2.45, 2.75) is 58.5 Å². The molecule has 2 aliphatic heterocycles. The fraction of sp³-hybridized carbons (Fsp3) is 0.632. The third-order valence-electron chi connectivity index (χ3n) is 6.47. The van der Waals surface area contributed by atoms with E-state index < -0.39 is 16.8 Å². The number of hydrogen-bond acceptors (Lipinski definition) is 4. The van der Waals surface area contributed by atoms with Crippen molar-refractivity contribution in [1.82, 2.24) is 0 Å². The minimum absolute atomic E-state index is 0.0328. The maximum absolute atomic E-state index is 12.1. The van der Waals surface area contributed by atoms with Crippen molar-refractivity contribution in [3.8, 4) is 0 Å². The lowest BCUT2D eigenvalue weighted by Gasteiger charge is -2.44. The zero-order chi connectivity index (χ0) is 18.1. The molecule has 4 rings (SSSR count). The molecule has 0 amide bonds. The van der Waals surface area contributed by atoms with Crippen molar-refractivity contribution in [2.75, 3.05) is 4.90 Å². The van der Waals surface area contributed by atoms with Gasteiger partial charge in [-0.05, 0) is 48.1 Å². The smallest absolute Gasteiger partial charge is 0.308 e. The van der Waals surface area contributed by atoms with Gasteiger partial charge in [0.1, 0.15) is 0 Å². The van der Waals surface area contributed by atoms with Gasteiger partial charge in [0.25, 0.3) is 5.69 Å². The molecule has 1 N–H and O–H groups in total. The number of anilines is 1. The topological polar surface area (TPSA) is 83.7 Å². The predicted molar refractivity (Wildman–Crippen MR) is 93.7 cm³/mol. The summed E-state index contributed by atoms with van der Waals surface area (Å²) in [6.45, 7) is 6.77. The van der Waals surface area contributed by atoms with Gasteiger partial charge in [0.15, 0.2) is 0 Å². The molecule has 1 saturated carbocycles. The maximum Gasteiger partial charge on any atom is 0.308 e. The zero-order valence-electron chi connectivity index (χ0n) is 14.9. The predicted octanol–water partition coefficient (Wildman–Crippen LogP) is 3.63. The van der Waals surface area contributed by atoms with Crippen LogP contribution in [0.25, 0.3) is 0 Å². The van der Waals surface area contributed by atoms with Crippen LogP contribution >= 0.6 is 0 Å². The first-order chi connectivity index (χ1) is 11.6. The van der Waals surface area contributed by atoms with Gasteiger partial charge in [0, 0.05) is 29.9 Å². The number of carbonyl (C=O) groups is 1. The number of benzene rings is 1. The SMILES string of the molecule is CC1(C)CC2CC(C)(C1)C1C(C(=O)O)Cc3cc([N+](=O)[O-])ccc3N21. The summed E-state index contributed by atoms with van der Waals surface area (Å²) in [5.41, 5.74) is 1.98. The third kappa shape index (κ3) is 2.34. The van der Waals surface area contributed by atoms with Crippen molar-refractivity contribution < 1.29 is 14.8 Å². The van der Waals surface area contributed by atoms with Crippen LogP contribution in [0, 0.1) is 26.9 Å². The van der Waals surface area contributed by atoms with Crippen LogP contribution in [0.5, 0.6) is 0 Å². The van der Waals surface area contributed by atoms with E-state index >= 15 is 0 Å². The molecule has 3 aliphatic rings.